The van der Waals surface area contributed by atoms with Gasteiger partial charge in [0.2, 0.25) is 5.91 Å². The van der Waals surface area contributed by atoms with Crippen LogP contribution < -0.4 is 5.32 Å². The molecule has 0 atom stereocenters. The summed E-state index contributed by atoms with van der Waals surface area (Å²) in [5.74, 6) is -1.18. The van der Waals surface area contributed by atoms with Gasteiger partial charge in [-0.05, 0) is 0 Å². The summed E-state index contributed by atoms with van der Waals surface area (Å²) in [5, 5.41) is 10.8. The van der Waals surface area contributed by atoms with E-state index in [0.29, 0.717) is 0 Å². The molecule has 0 aromatic carbocycles. The van der Waals surface area contributed by atoms with Crippen molar-refractivity contribution in [2.24, 2.45) is 0 Å². The molecule has 0 spiro atoms. The van der Waals surface area contributed by atoms with Crippen LogP contribution in [0, 0.1) is 0 Å². The number of nitrogens with one attached hydrogen (secondary N) is 1. The number of hydrogen-bond acceptors (Lipinski definition) is 3. The maximum absolute atomic E-state index is 11.3. The third kappa shape index (κ3) is 5.84. The Morgan fingerprint density at radius 1 is 1.19 bits per heavy atom. The van der Waals surface area contributed by atoms with E-state index >= 15 is 0 Å². The fourth-order valence-electron chi connectivity index (χ4n) is 0.827. The monoisotopic (exact) mass is 231 g/mol. The van der Waals surface area contributed by atoms with Crippen molar-refractivity contribution in [3.05, 3.63) is 0 Å². The molecule has 0 bridgehead atoms. The fourth-order valence-corrected chi connectivity index (χ4v) is 0.827. The first-order valence-electron chi connectivity index (χ1n) is 4.75. The summed E-state index contributed by atoms with van der Waals surface area (Å²) in [4.78, 5) is 35.4. The standard InChI is InChI=1S/C9H17N3O4/c1-11(2)7(13)6-12(3)9(16)10-5-4-8(14)15/h4-6H2,1-3H3,(H,10,16)(H,14,15). The predicted molar refractivity (Wildman–Crippen MR) is 57.0 cm³/mol. The molecule has 0 aliphatic heterocycles. The van der Waals surface area contributed by atoms with Gasteiger partial charge in [0.1, 0.15) is 6.54 Å². The maximum Gasteiger partial charge on any atom is 0.317 e. The summed E-state index contributed by atoms with van der Waals surface area (Å²) < 4.78 is 0. The lowest BCUT2D eigenvalue weighted by Gasteiger charge is -2.19. The van der Waals surface area contributed by atoms with Crippen LogP contribution >= 0.6 is 0 Å². The van der Waals surface area contributed by atoms with Crippen molar-refractivity contribution in [2.45, 2.75) is 6.42 Å². The number of amides is 3. The molecule has 0 saturated heterocycles. The Morgan fingerprint density at radius 2 is 1.75 bits per heavy atom. The Kier molecular flexibility index (Phi) is 5.91. The Morgan fingerprint density at radius 3 is 2.19 bits per heavy atom. The lowest BCUT2D eigenvalue weighted by atomic mass is 10.4. The van der Waals surface area contributed by atoms with Crippen molar-refractivity contribution in [3.8, 4) is 0 Å². The second-order valence-corrected chi connectivity index (χ2v) is 3.52. The lowest BCUT2D eigenvalue weighted by Crippen LogP contribution is -2.43. The van der Waals surface area contributed by atoms with E-state index in [1.165, 1.54) is 16.8 Å². The number of carboxylic acid groups (broad SMARTS) is 1. The molecule has 0 radical (unpaired) electrons. The largest absolute Gasteiger partial charge is 0.481 e. The van der Waals surface area contributed by atoms with E-state index in [4.69, 9.17) is 5.11 Å². The third-order valence-electron chi connectivity index (χ3n) is 1.83. The quantitative estimate of drug-likeness (QED) is 0.647. The second kappa shape index (κ2) is 6.65. The van der Waals surface area contributed by atoms with Crippen LogP contribution in [0.4, 0.5) is 4.79 Å². The van der Waals surface area contributed by atoms with E-state index in [2.05, 4.69) is 5.32 Å². The Labute approximate surface area is 94.0 Å². The van der Waals surface area contributed by atoms with Gasteiger partial charge >= 0.3 is 12.0 Å². The van der Waals surface area contributed by atoms with E-state index in [1.807, 2.05) is 0 Å². The van der Waals surface area contributed by atoms with Gasteiger partial charge in [-0.15, -0.1) is 0 Å². The van der Waals surface area contributed by atoms with Crippen LogP contribution in [0.5, 0.6) is 0 Å². The molecule has 0 aromatic heterocycles. The summed E-state index contributed by atoms with van der Waals surface area (Å²) in [7, 11) is 4.66. The van der Waals surface area contributed by atoms with E-state index < -0.39 is 12.0 Å². The molecule has 0 fully saturated rings. The van der Waals surface area contributed by atoms with Gasteiger partial charge in [0.15, 0.2) is 0 Å². The summed E-state index contributed by atoms with van der Waals surface area (Å²) in [6.45, 7) is 0.0145. The van der Waals surface area contributed by atoms with Crippen LogP contribution in [0.25, 0.3) is 0 Å². The highest BCUT2D eigenvalue weighted by Crippen LogP contribution is 1.88. The minimum Gasteiger partial charge on any atom is -0.481 e. The van der Waals surface area contributed by atoms with Crippen LogP contribution in [0.1, 0.15) is 6.42 Å². The van der Waals surface area contributed by atoms with E-state index in [-0.39, 0.29) is 25.4 Å². The SMILES string of the molecule is CN(C)C(=O)CN(C)C(=O)NCCC(=O)O. The lowest BCUT2D eigenvalue weighted by molar-refractivity contribution is -0.137. The van der Waals surface area contributed by atoms with Gasteiger partial charge in [0, 0.05) is 27.7 Å². The first-order valence-corrected chi connectivity index (χ1v) is 4.75. The number of nitrogens with zero attached hydrogens (tertiary/aromatic N) is 2. The number of hydrogen-bond donors (Lipinski definition) is 2. The molecule has 0 heterocycles. The zero-order valence-electron chi connectivity index (χ0n) is 9.69. The third-order valence-corrected chi connectivity index (χ3v) is 1.83. The molecule has 7 heteroatoms. The highest BCUT2D eigenvalue weighted by Gasteiger charge is 2.13. The highest BCUT2D eigenvalue weighted by atomic mass is 16.4. The molecule has 0 aliphatic rings. The molecular formula is C9H17N3O4. The molecule has 0 rings (SSSR count). The number of rotatable bonds is 5. The summed E-state index contributed by atoms with van der Waals surface area (Å²) in [6, 6.07) is -0.462. The molecule has 0 unspecified atom stereocenters. The number of urea groups is 1. The van der Waals surface area contributed by atoms with Gasteiger partial charge in [-0.1, -0.05) is 0 Å². The van der Waals surface area contributed by atoms with Crippen LogP contribution in [0.15, 0.2) is 0 Å². The minimum atomic E-state index is -0.979. The number of carbonyl (C=O) groups excluding carboxylic acids is 2. The number of likely N-dealkylation sites (N-methyl/N-ethyl adjacent to an activating group) is 2. The Hall–Kier alpha value is -1.79. The molecule has 7 nitrogen and oxygen atoms in total. The highest BCUT2D eigenvalue weighted by molar-refractivity contribution is 5.83. The van der Waals surface area contributed by atoms with Gasteiger partial charge in [-0.25, -0.2) is 4.79 Å². The van der Waals surface area contributed by atoms with Crippen LogP contribution in [-0.4, -0.2) is 67.0 Å². The molecular weight excluding hydrogens is 214 g/mol. The number of carboxylic acids is 1. The predicted octanol–water partition coefficient (Wildman–Crippen LogP) is -0.809. The number of aliphatic carboxylic acids is 1. The molecule has 0 aromatic rings. The maximum atomic E-state index is 11.3. The average Bonchev–Trinajstić information content (AvgIpc) is 2.16. The zero-order chi connectivity index (χ0) is 12.7. The Bertz CT molecular complexity index is 278. The van der Waals surface area contributed by atoms with Crippen molar-refractivity contribution in [2.75, 3.05) is 34.2 Å². The molecule has 3 amide bonds. The average molecular weight is 231 g/mol. The van der Waals surface area contributed by atoms with Crippen molar-refractivity contribution >= 4 is 17.9 Å². The summed E-state index contributed by atoms with van der Waals surface area (Å²) in [6.07, 6.45) is -0.138. The van der Waals surface area contributed by atoms with Gasteiger partial charge < -0.3 is 20.2 Å². The van der Waals surface area contributed by atoms with E-state index in [1.54, 1.807) is 14.1 Å². The van der Waals surface area contributed by atoms with Gasteiger partial charge in [-0.2, -0.15) is 0 Å². The molecule has 2 N–H and O–H groups in total. The molecule has 0 saturated carbocycles. The first kappa shape index (κ1) is 14.2. The normalized spacial score (nSPS) is 9.44. The van der Waals surface area contributed by atoms with Crippen molar-refractivity contribution in [3.63, 3.8) is 0 Å². The van der Waals surface area contributed by atoms with Crippen molar-refractivity contribution in [1.82, 2.24) is 15.1 Å². The van der Waals surface area contributed by atoms with E-state index in [9.17, 15) is 14.4 Å². The smallest absolute Gasteiger partial charge is 0.317 e. The second-order valence-electron chi connectivity index (χ2n) is 3.52. The van der Waals surface area contributed by atoms with Crippen LogP contribution in [-0.2, 0) is 9.59 Å². The topological polar surface area (TPSA) is 90.0 Å². The molecule has 16 heavy (non-hydrogen) atoms. The van der Waals surface area contributed by atoms with Crippen LogP contribution in [0.3, 0.4) is 0 Å². The zero-order valence-corrected chi connectivity index (χ0v) is 9.69. The van der Waals surface area contributed by atoms with E-state index in [0.717, 1.165) is 0 Å². The van der Waals surface area contributed by atoms with Crippen molar-refractivity contribution < 1.29 is 19.5 Å². The van der Waals surface area contributed by atoms with Crippen LogP contribution in [0.2, 0.25) is 0 Å². The molecule has 92 valence electrons. The first-order chi connectivity index (χ1) is 7.34. The molecule has 0 aliphatic carbocycles. The van der Waals surface area contributed by atoms with Gasteiger partial charge in [0.05, 0.1) is 6.42 Å². The number of carbonyl (C=O) groups is 3. The van der Waals surface area contributed by atoms with Gasteiger partial charge in [-0.3, -0.25) is 9.59 Å². The van der Waals surface area contributed by atoms with Crippen molar-refractivity contribution in [1.29, 1.82) is 0 Å². The van der Waals surface area contributed by atoms with Gasteiger partial charge in [0.25, 0.3) is 0 Å². The minimum absolute atomic E-state index is 0.0358. The summed E-state index contributed by atoms with van der Waals surface area (Å²) >= 11 is 0. The summed E-state index contributed by atoms with van der Waals surface area (Å²) in [5.41, 5.74) is 0. The Balaban J connectivity index is 3.90. The fraction of sp³-hybridized carbons (Fsp3) is 0.667.